The molecule has 0 saturated heterocycles. The van der Waals surface area contributed by atoms with Crippen LogP contribution in [0.25, 0.3) is 21.1 Å². The highest BCUT2D eigenvalue weighted by molar-refractivity contribution is 7.18. The van der Waals surface area contributed by atoms with Crippen LogP contribution in [0, 0.1) is 0 Å². The maximum Gasteiger partial charge on any atom is 0.317 e. The van der Waals surface area contributed by atoms with Crippen LogP contribution in [0.2, 0.25) is 0 Å². The van der Waals surface area contributed by atoms with E-state index in [9.17, 15) is 4.79 Å². The number of aromatic amines is 1. The molecule has 2 amide bonds. The number of carbonyl (C=O) groups excluding carboxylic acids is 1. The molecule has 2 heterocycles. The molecule has 2 aromatic carbocycles. The number of nitrogens with zero attached hydrogens (tertiary/aromatic N) is 2. The molecule has 0 unspecified atom stereocenters. The zero-order valence-electron chi connectivity index (χ0n) is 14.5. The Morgan fingerprint density at radius 2 is 2.00 bits per heavy atom. The molecule has 0 spiro atoms. The second-order valence-electron chi connectivity index (χ2n) is 6.27. The van der Waals surface area contributed by atoms with Crippen molar-refractivity contribution in [2.24, 2.45) is 0 Å². The Balaban J connectivity index is 1.32. The van der Waals surface area contributed by atoms with Crippen molar-refractivity contribution in [1.29, 1.82) is 0 Å². The lowest BCUT2D eigenvalue weighted by Crippen LogP contribution is -2.37. The van der Waals surface area contributed by atoms with E-state index in [1.807, 2.05) is 36.5 Å². The summed E-state index contributed by atoms with van der Waals surface area (Å²) < 4.78 is 1.15. The summed E-state index contributed by atoms with van der Waals surface area (Å²) in [4.78, 5) is 21.9. The standard InChI is InChI=1S/C20H20N4OS/c1-24(13-19-23-17-8-4-5-9-18(17)26-19)20(25)21-11-10-14-12-22-16-7-3-2-6-15(14)16/h2-9,12,22H,10-11,13H2,1H3,(H,21,25). The van der Waals surface area contributed by atoms with Gasteiger partial charge in [0, 0.05) is 30.7 Å². The van der Waals surface area contributed by atoms with Crippen LogP contribution < -0.4 is 5.32 Å². The molecule has 0 aliphatic heterocycles. The monoisotopic (exact) mass is 364 g/mol. The number of benzene rings is 2. The smallest absolute Gasteiger partial charge is 0.317 e. The Morgan fingerprint density at radius 3 is 2.88 bits per heavy atom. The average molecular weight is 364 g/mol. The summed E-state index contributed by atoms with van der Waals surface area (Å²) in [6.07, 6.45) is 2.81. The van der Waals surface area contributed by atoms with Gasteiger partial charge < -0.3 is 15.2 Å². The highest BCUT2D eigenvalue weighted by Crippen LogP contribution is 2.22. The molecule has 132 valence electrons. The summed E-state index contributed by atoms with van der Waals surface area (Å²) in [5, 5.41) is 5.15. The number of nitrogens with one attached hydrogen (secondary N) is 2. The topological polar surface area (TPSA) is 61.0 Å². The van der Waals surface area contributed by atoms with Gasteiger partial charge in [-0.2, -0.15) is 0 Å². The Kier molecular flexibility index (Phi) is 4.58. The van der Waals surface area contributed by atoms with E-state index in [-0.39, 0.29) is 6.03 Å². The molecule has 4 aromatic rings. The van der Waals surface area contributed by atoms with E-state index in [0.717, 1.165) is 27.2 Å². The first-order valence-electron chi connectivity index (χ1n) is 8.59. The third kappa shape index (κ3) is 3.41. The number of thiazole rings is 1. The van der Waals surface area contributed by atoms with Crippen molar-refractivity contribution in [3.63, 3.8) is 0 Å². The van der Waals surface area contributed by atoms with Crippen molar-refractivity contribution in [1.82, 2.24) is 20.2 Å². The molecule has 4 rings (SSSR count). The normalized spacial score (nSPS) is 11.1. The summed E-state index contributed by atoms with van der Waals surface area (Å²) in [5.41, 5.74) is 3.33. The van der Waals surface area contributed by atoms with E-state index in [0.29, 0.717) is 13.1 Å². The van der Waals surface area contributed by atoms with Crippen LogP contribution in [0.1, 0.15) is 10.6 Å². The minimum absolute atomic E-state index is 0.0795. The zero-order chi connectivity index (χ0) is 17.9. The maximum absolute atomic E-state index is 12.3. The molecular formula is C20H20N4OS. The lowest BCUT2D eigenvalue weighted by atomic mass is 10.1. The van der Waals surface area contributed by atoms with Crippen molar-refractivity contribution in [2.45, 2.75) is 13.0 Å². The average Bonchev–Trinajstić information content (AvgIpc) is 3.25. The van der Waals surface area contributed by atoms with Crippen molar-refractivity contribution < 1.29 is 4.79 Å². The maximum atomic E-state index is 12.3. The van der Waals surface area contributed by atoms with Crippen molar-refractivity contribution >= 4 is 38.5 Å². The van der Waals surface area contributed by atoms with Crippen molar-refractivity contribution in [3.8, 4) is 0 Å². The fourth-order valence-electron chi connectivity index (χ4n) is 3.04. The van der Waals surface area contributed by atoms with Crippen LogP contribution in [-0.4, -0.2) is 34.5 Å². The number of hydrogen-bond acceptors (Lipinski definition) is 3. The van der Waals surface area contributed by atoms with Gasteiger partial charge in [-0.3, -0.25) is 0 Å². The minimum atomic E-state index is -0.0795. The molecule has 2 N–H and O–H groups in total. The lowest BCUT2D eigenvalue weighted by molar-refractivity contribution is 0.207. The fourth-order valence-corrected chi connectivity index (χ4v) is 4.06. The Bertz CT molecular complexity index is 1020. The van der Waals surface area contributed by atoms with Crippen molar-refractivity contribution in [3.05, 3.63) is 65.3 Å². The number of carbonyl (C=O) groups is 1. The molecule has 2 aromatic heterocycles. The van der Waals surface area contributed by atoms with Gasteiger partial charge in [0.25, 0.3) is 0 Å². The second kappa shape index (κ2) is 7.17. The largest absolute Gasteiger partial charge is 0.361 e. The second-order valence-corrected chi connectivity index (χ2v) is 7.39. The summed E-state index contributed by atoms with van der Waals surface area (Å²) in [7, 11) is 1.80. The van der Waals surface area contributed by atoms with E-state index in [4.69, 9.17) is 0 Å². The molecule has 0 atom stereocenters. The van der Waals surface area contributed by atoms with E-state index in [1.54, 1.807) is 23.3 Å². The van der Waals surface area contributed by atoms with Gasteiger partial charge in [-0.05, 0) is 30.2 Å². The molecule has 6 heteroatoms. The van der Waals surface area contributed by atoms with E-state index >= 15 is 0 Å². The van der Waals surface area contributed by atoms with Gasteiger partial charge in [0.2, 0.25) is 0 Å². The van der Waals surface area contributed by atoms with Crippen LogP contribution in [-0.2, 0) is 13.0 Å². The van der Waals surface area contributed by atoms with Gasteiger partial charge in [0.15, 0.2) is 0 Å². The number of fused-ring (bicyclic) bond motifs is 2. The first-order valence-corrected chi connectivity index (χ1v) is 9.41. The molecule has 5 nitrogen and oxygen atoms in total. The summed E-state index contributed by atoms with van der Waals surface area (Å²) in [6.45, 7) is 1.11. The third-order valence-electron chi connectivity index (χ3n) is 4.40. The number of rotatable bonds is 5. The molecule has 0 aliphatic carbocycles. The first-order chi connectivity index (χ1) is 12.7. The van der Waals surface area contributed by atoms with Crippen LogP contribution >= 0.6 is 11.3 Å². The number of H-pyrrole nitrogens is 1. The van der Waals surface area contributed by atoms with Crippen LogP contribution in [0.5, 0.6) is 0 Å². The SMILES string of the molecule is CN(Cc1nc2ccccc2s1)C(=O)NCCc1c[nH]c2ccccc12. The number of aromatic nitrogens is 2. The summed E-state index contributed by atoms with van der Waals surface area (Å²) >= 11 is 1.63. The molecule has 0 saturated carbocycles. The highest BCUT2D eigenvalue weighted by Gasteiger charge is 2.12. The summed E-state index contributed by atoms with van der Waals surface area (Å²) in [6, 6.07) is 16.2. The van der Waals surface area contributed by atoms with Gasteiger partial charge in [-0.1, -0.05) is 30.3 Å². The Morgan fingerprint density at radius 1 is 1.19 bits per heavy atom. The number of hydrogen-bond donors (Lipinski definition) is 2. The number of amides is 2. The number of para-hydroxylation sites is 2. The van der Waals surface area contributed by atoms with Crippen molar-refractivity contribution in [2.75, 3.05) is 13.6 Å². The Hall–Kier alpha value is -2.86. The van der Waals surface area contributed by atoms with Crippen LogP contribution in [0.4, 0.5) is 4.79 Å². The predicted molar refractivity (Wildman–Crippen MR) is 106 cm³/mol. The van der Waals surface area contributed by atoms with Gasteiger partial charge in [-0.25, -0.2) is 9.78 Å². The predicted octanol–water partition coefficient (Wildman–Crippen LogP) is 4.16. The van der Waals surface area contributed by atoms with E-state index < -0.39 is 0 Å². The third-order valence-corrected chi connectivity index (χ3v) is 5.42. The fraction of sp³-hybridized carbons (Fsp3) is 0.200. The molecule has 26 heavy (non-hydrogen) atoms. The molecule has 0 radical (unpaired) electrons. The first kappa shape index (κ1) is 16.6. The summed E-state index contributed by atoms with van der Waals surface area (Å²) in [5.74, 6) is 0. The zero-order valence-corrected chi connectivity index (χ0v) is 15.3. The van der Waals surface area contributed by atoms with Crippen LogP contribution in [0.15, 0.2) is 54.7 Å². The van der Waals surface area contributed by atoms with Gasteiger partial charge in [-0.15, -0.1) is 11.3 Å². The number of urea groups is 1. The Labute approximate surface area is 155 Å². The van der Waals surface area contributed by atoms with Gasteiger partial charge >= 0.3 is 6.03 Å². The lowest BCUT2D eigenvalue weighted by Gasteiger charge is -2.16. The van der Waals surface area contributed by atoms with E-state index in [1.165, 1.54) is 10.9 Å². The van der Waals surface area contributed by atoms with Gasteiger partial charge in [0.05, 0.1) is 16.8 Å². The minimum Gasteiger partial charge on any atom is -0.361 e. The molecule has 0 bridgehead atoms. The molecule has 0 aliphatic rings. The molecular weight excluding hydrogens is 344 g/mol. The van der Waals surface area contributed by atoms with Crippen LogP contribution in [0.3, 0.4) is 0 Å². The van der Waals surface area contributed by atoms with Gasteiger partial charge in [0.1, 0.15) is 5.01 Å². The quantitative estimate of drug-likeness (QED) is 0.558. The highest BCUT2D eigenvalue weighted by atomic mass is 32.1. The van der Waals surface area contributed by atoms with E-state index in [2.05, 4.69) is 33.5 Å². The molecule has 0 fully saturated rings.